The van der Waals surface area contributed by atoms with Crippen molar-refractivity contribution in [2.24, 2.45) is 11.8 Å². The number of nitrogens with one attached hydrogen (secondary N) is 1. The molecule has 0 bridgehead atoms. The molecule has 4 heteroatoms. The number of ether oxygens (including phenoxy) is 1. The standard InChI is InChI=1S/C17H32N2O2/c1-13-7-6-11-19(14(13)2)12-9-15-8-5-10-17(15,18-3)16(20)21-4/h13-15,18H,5-12H2,1-4H3. The summed E-state index contributed by atoms with van der Waals surface area (Å²) in [6.07, 6.45) is 6.91. The lowest BCUT2D eigenvalue weighted by Gasteiger charge is -2.40. The topological polar surface area (TPSA) is 41.6 Å². The van der Waals surface area contributed by atoms with Crippen LogP contribution in [0.25, 0.3) is 0 Å². The molecule has 2 rings (SSSR count). The van der Waals surface area contributed by atoms with Gasteiger partial charge < -0.3 is 15.0 Å². The van der Waals surface area contributed by atoms with E-state index in [0.717, 1.165) is 38.1 Å². The third-order valence-electron chi connectivity index (χ3n) is 6.09. The van der Waals surface area contributed by atoms with Crippen molar-refractivity contribution in [3.63, 3.8) is 0 Å². The number of hydrogen-bond donors (Lipinski definition) is 1. The van der Waals surface area contributed by atoms with Gasteiger partial charge in [-0.1, -0.05) is 13.3 Å². The number of rotatable bonds is 5. The summed E-state index contributed by atoms with van der Waals surface area (Å²) < 4.78 is 5.07. The van der Waals surface area contributed by atoms with E-state index < -0.39 is 5.54 Å². The number of carbonyl (C=O) groups excluding carboxylic acids is 1. The molecule has 122 valence electrons. The van der Waals surface area contributed by atoms with Crippen LogP contribution in [0.15, 0.2) is 0 Å². The van der Waals surface area contributed by atoms with Crippen molar-refractivity contribution in [2.45, 2.75) is 64.0 Å². The molecule has 1 saturated heterocycles. The Balaban J connectivity index is 1.96. The van der Waals surface area contributed by atoms with Crippen molar-refractivity contribution in [2.75, 3.05) is 27.2 Å². The fraction of sp³-hybridized carbons (Fsp3) is 0.941. The van der Waals surface area contributed by atoms with Crippen LogP contribution in [-0.4, -0.2) is 49.7 Å². The molecule has 2 aliphatic rings. The molecule has 1 heterocycles. The lowest BCUT2D eigenvalue weighted by atomic mass is 9.84. The van der Waals surface area contributed by atoms with E-state index in [1.54, 1.807) is 0 Å². The highest BCUT2D eigenvalue weighted by Gasteiger charge is 2.48. The number of likely N-dealkylation sites (tertiary alicyclic amines) is 1. The van der Waals surface area contributed by atoms with E-state index >= 15 is 0 Å². The van der Waals surface area contributed by atoms with Crippen LogP contribution in [0.4, 0.5) is 0 Å². The van der Waals surface area contributed by atoms with E-state index in [1.165, 1.54) is 26.5 Å². The van der Waals surface area contributed by atoms with Crippen LogP contribution >= 0.6 is 0 Å². The Bertz CT molecular complexity index is 361. The Kier molecular flexibility index (Phi) is 5.67. The van der Waals surface area contributed by atoms with E-state index in [4.69, 9.17) is 4.74 Å². The maximum absolute atomic E-state index is 12.2. The van der Waals surface area contributed by atoms with Crippen LogP contribution < -0.4 is 5.32 Å². The average molecular weight is 296 g/mol. The Morgan fingerprint density at radius 3 is 2.76 bits per heavy atom. The first-order chi connectivity index (χ1) is 10.0. The van der Waals surface area contributed by atoms with Gasteiger partial charge in [-0.25, -0.2) is 0 Å². The SMILES string of the molecule is CNC1(C(=O)OC)CCCC1CCN1CCCC(C)C1C. The Hall–Kier alpha value is -0.610. The first-order valence-electron chi connectivity index (χ1n) is 8.56. The Morgan fingerprint density at radius 1 is 1.33 bits per heavy atom. The quantitative estimate of drug-likeness (QED) is 0.791. The maximum atomic E-state index is 12.2. The molecular weight excluding hydrogens is 264 g/mol. The fourth-order valence-electron chi connectivity index (χ4n) is 4.41. The first kappa shape index (κ1) is 16.8. The van der Waals surface area contributed by atoms with E-state index in [9.17, 15) is 4.79 Å². The molecular formula is C17H32N2O2. The lowest BCUT2D eigenvalue weighted by molar-refractivity contribution is -0.150. The number of methoxy groups -OCH3 is 1. The predicted octanol–water partition coefficient (Wildman–Crippen LogP) is 2.43. The third kappa shape index (κ3) is 3.26. The largest absolute Gasteiger partial charge is 0.468 e. The van der Waals surface area contributed by atoms with Crippen LogP contribution in [0.3, 0.4) is 0 Å². The molecule has 1 saturated carbocycles. The Morgan fingerprint density at radius 2 is 2.10 bits per heavy atom. The molecule has 0 aromatic rings. The summed E-state index contributed by atoms with van der Waals surface area (Å²) in [5.74, 6) is 1.11. The summed E-state index contributed by atoms with van der Waals surface area (Å²) >= 11 is 0. The monoisotopic (exact) mass is 296 g/mol. The second kappa shape index (κ2) is 7.10. The minimum atomic E-state index is -0.445. The van der Waals surface area contributed by atoms with Gasteiger partial charge >= 0.3 is 5.97 Å². The highest BCUT2D eigenvalue weighted by molar-refractivity contribution is 5.81. The molecule has 4 atom stereocenters. The molecule has 0 amide bonds. The van der Waals surface area contributed by atoms with Gasteiger partial charge in [-0.15, -0.1) is 0 Å². The molecule has 0 radical (unpaired) electrons. The maximum Gasteiger partial charge on any atom is 0.326 e. The molecule has 0 aromatic carbocycles. The van der Waals surface area contributed by atoms with E-state index in [1.807, 2.05) is 7.05 Å². The molecule has 2 fully saturated rings. The molecule has 1 N–H and O–H groups in total. The van der Waals surface area contributed by atoms with Gasteiger partial charge in [0.15, 0.2) is 0 Å². The van der Waals surface area contributed by atoms with E-state index in [2.05, 4.69) is 24.1 Å². The molecule has 1 aliphatic heterocycles. The van der Waals surface area contributed by atoms with Crippen molar-refractivity contribution in [1.82, 2.24) is 10.2 Å². The summed E-state index contributed by atoms with van der Waals surface area (Å²) in [4.78, 5) is 14.9. The van der Waals surface area contributed by atoms with Crippen LogP contribution in [0.5, 0.6) is 0 Å². The van der Waals surface area contributed by atoms with Crippen molar-refractivity contribution in [3.05, 3.63) is 0 Å². The summed E-state index contributed by atoms with van der Waals surface area (Å²) in [5, 5.41) is 3.29. The number of likely N-dealkylation sites (N-methyl/N-ethyl adjacent to an activating group) is 1. The molecule has 0 spiro atoms. The smallest absolute Gasteiger partial charge is 0.326 e. The molecule has 4 nitrogen and oxygen atoms in total. The van der Waals surface area contributed by atoms with Crippen LogP contribution in [0.1, 0.15) is 52.4 Å². The van der Waals surface area contributed by atoms with Gasteiger partial charge in [0.2, 0.25) is 0 Å². The molecule has 0 aromatic heterocycles. The lowest BCUT2D eigenvalue weighted by Crippen LogP contribution is -2.54. The highest BCUT2D eigenvalue weighted by atomic mass is 16.5. The summed E-state index contributed by atoms with van der Waals surface area (Å²) in [6.45, 7) is 7.03. The van der Waals surface area contributed by atoms with Crippen LogP contribution in [0, 0.1) is 11.8 Å². The number of hydrogen-bond acceptors (Lipinski definition) is 4. The first-order valence-corrected chi connectivity index (χ1v) is 8.56. The predicted molar refractivity (Wildman–Crippen MR) is 85.2 cm³/mol. The molecule has 21 heavy (non-hydrogen) atoms. The Labute approximate surface area is 129 Å². The van der Waals surface area contributed by atoms with Gasteiger partial charge in [-0.3, -0.25) is 4.79 Å². The minimum Gasteiger partial charge on any atom is -0.468 e. The van der Waals surface area contributed by atoms with Crippen LogP contribution in [0.2, 0.25) is 0 Å². The van der Waals surface area contributed by atoms with Gasteiger partial charge in [-0.05, 0) is 71.0 Å². The normalized spacial score (nSPS) is 37.6. The van der Waals surface area contributed by atoms with Gasteiger partial charge in [-0.2, -0.15) is 0 Å². The number of esters is 1. The zero-order chi connectivity index (χ0) is 15.5. The summed E-state index contributed by atoms with van der Waals surface area (Å²) in [6, 6.07) is 0.669. The second-order valence-electron chi connectivity index (χ2n) is 6.99. The minimum absolute atomic E-state index is 0.0763. The van der Waals surface area contributed by atoms with E-state index in [-0.39, 0.29) is 5.97 Å². The van der Waals surface area contributed by atoms with Crippen molar-refractivity contribution < 1.29 is 9.53 Å². The zero-order valence-electron chi connectivity index (χ0n) is 14.2. The molecule has 4 unspecified atom stereocenters. The summed E-state index contributed by atoms with van der Waals surface area (Å²) in [7, 11) is 3.41. The van der Waals surface area contributed by atoms with Crippen molar-refractivity contribution >= 4 is 5.97 Å². The van der Waals surface area contributed by atoms with Crippen molar-refractivity contribution in [1.29, 1.82) is 0 Å². The van der Waals surface area contributed by atoms with Gasteiger partial charge in [0.05, 0.1) is 7.11 Å². The molecule has 1 aliphatic carbocycles. The average Bonchev–Trinajstić information content (AvgIpc) is 2.92. The summed E-state index contributed by atoms with van der Waals surface area (Å²) in [5.41, 5.74) is -0.445. The van der Waals surface area contributed by atoms with Gasteiger partial charge in [0, 0.05) is 6.04 Å². The van der Waals surface area contributed by atoms with E-state index in [0.29, 0.717) is 12.0 Å². The van der Waals surface area contributed by atoms with Gasteiger partial charge in [0.25, 0.3) is 0 Å². The fourth-order valence-corrected chi connectivity index (χ4v) is 4.41. The van der Waals surface area contributed by atoms with Gasteiger partial charge in [0.1, 0.15) is 5.54 Å². The zero-order valence-corrected chi connectivity index (χ0v) is 14.2. The number of nitrogens with zero attached hydrogens (tertiary/aromatic N) is 1. The van der Waals surface area contributed by atoms with Crippen LogP contribution in [-0.2, 0) is 9.53 Å². The number of piperidine rings is 1. The number of carbonyl (C=O) groups is 1. The highest BCUT2D eigenvalue weighted by Crippen LogP contribution is 2.39. The van der Waals surface area contributed by atoms with Crippen molar-refractivity contribution in [3.8, 4) is 0 Å². The second-order valence-corrected chi connectivity index (χ2v) is 6.99. The third-order valence-corrected chi connectivity index (χ3v) is 6.09.